The molecule has 1 aromatic heterocycles. The third-order valence-corrected chi connectivity index (χ3v) is 6.12. The van der Waals surface area contributed by atoms with E-state index in [2.05, 4.69) is 9.97 Å². The SMILES string of the molecule is CCCS(=O)(=O)CC(=O)N1CCC[C@@H]1c1nc2ccc(C)cc2[nH]1. The first kappa shape index (κ1) is 17.0. The zero-order chi connectivity index (χ0) is 17.3. The molecule has 2 heterocycles. The van der Waals surface area contributed by atoms with Gasteiger partial charge >= 0.3 is 0 Å². The molecular formula is C17H23N3O3S. The van der Waals surface area contributed by atoms with E-state index in [0.29, 0.717) is 13.0 Å². The zero-order valence-electron chi connectivity index (χ0n) is 14.1. The molecule has 1 aromatic carbocycles. The number of carbonyl (C=O) groups is 1. The number of aromatic nitrogens is 2. The van der Waals surface area contributed by atoms with Gasteiger partial charge in [-0.15, -0.1) is 0 Å². The molecule has 130 valence electrons. The first-order chi connectivity index (χ1) is 11.4. The van der Waals surface area contributed by atoms with Crippen molar-refractivity contribution < 1.29 is 13.2 Å². The van der Waals surface area contributed by atoms with Crippen molar-refractivity contribution in [2.75, 3.05) is 18.1 Å². The Morgan fingerprint density at radius 3 is 2.96 bits per heavy atom. The summed E-state index contributed by atoms with van der Waals surface area (Å²) >= 11 is 0. The topological polar surface area (TPSA) is 83.1 Å². The molecule has 0 saturated carbocycles. The Bertz CT molecular complexity index is 857. The van der Waals surface area contributed by atoms with Crippen molar-refractivity contribution in [3.8, 4) is 0 Å². The molecule has 0 bridgehead atoms. The van der Waals surface area contributed by atoms with Gasteiger partial charge in [0.15, 0.2) is 9.84 Å². The van der Waals surface area contributed by atoms with Crippen LogP contribution in [0.1, 0.15) is 43.6 Å². The Labute approximate surface area is 142 Å². The molecule has 0 radical (unpaired) electrons. The summed E-state index contributed by atoms with van der Waals surface area (Å²) < 4.78 is 23.9. The van der Waals surface area contributed by atoms with Crippen molar-refractivity contribution in [2.45, 2.75) is 39.2 Å². The lowest BCUT2D eigenvalue weighted by Crippen LogP contribution is -2.36. The number of H-pyrrole nitrogens is 1. The molecule has 1 atom stereocenters. The second kappa shape index (κ2) is 6.55. The molecule has 1 saturated heterocycles. The number of aromatic amines is 1. The van der Waals surface area contributed by atoms with E-state index in [9.17, 15) is 13.2 Å². The number of rotatable bonds is 5. The van der Waals surface area contributed by atoms with Crippen LogP contribution in [0.3, 0.4) is 0 Å². The predicted molar refractivity (Wildman–Crippen MR) is 93.5 cm³/mol. The smallest absolute Gasteiger partial charge is 0.238 e. The highest BCUT2D eigenvalue weighted by Crippen LogP contribution is 2.31. The van der Waals surface area contributed by atoms with Gasteiger partial charge in [-0.1, -0.05) is 13.0 Å². The van der Waals surface area contributed by atoms with Crippen LogP contribution in [0.25, 0.3) is 11.0 Å². The van der Waals surface area contributed by atoms with Crippen LogP contribution >= 0.6 is 0 Å². The van der Waals surface area contributed by atoms with E-state index in [1.54, 1.807) is 11.8 Å². The van der Waals surface area contributed by atoms with Crippen molar-refractivity contribution in [3.63, 3.8) is 0 Å². The number of benzene rings is 1. The molecule has 7 heteroatoms. The zero-order valence-corrected chi connectivity index (χ0v) is 14.9. The average Bonchev–Trinajstić information content (AvgIpc) is 3.11. The Hall–Kier alpha value is -1.89. The second-order valence-corrected chi connectivity index (χ2v) is 8.66. The molecule has 2 aromatic rings. The highest BCUT2D eigenvalue weighted by molar-refractivity contribution is 7.92. The van der Waals surface area contributed by atoms with Crippen LogP contribution in [0, 0.1) is 6.92 Å². The van der Waals surface area contributed by atoms with Crippen molar-refractivity contribution >= 4 is 26.8 Å². The van der Waals surface area contributed by atoms with E-state index in [1.807, 2.05) is 25.1 Å². The van der Waals surface area contributed by atoms with Crippen LogP contribution in [-0.4, -0.2) is 47.2 Å². The maximum Gasteiger partial charge on any atom is 0.238 e. The number of hydrogen-bond acceptors (Lipinski definition) is 4. The Balaban J connectivity index is 1.82. The Morgan fingerprint density at radius 1 is 1.42 bits per heavy atom. The molecular weight excluding hydrogens is 326 g/mol. The highest BCUT2D eigenvalue weighted by atomic mass is 32.2. The van der Waals surface area contributed by atoms with E-state index < -0.39 is 15.6 Å². The van der Waals surface area contributed by atoms with Crippen molar-refractivity contribution in [2.24, 2.45) is 0 Å². The number of nitrogens with zero attached hydrogens (tertiary/aromatic N) is 2. The molecule has 0 aliphatic carbocycles. The normalized spacial score (nSPS) is 18.4. The molecule has 1 amide bonds. The lowest BCUT2D eigenvalue weighted by Gasteiger charge is -2.23. The molecule has 24 heavy (non-hydrogen) atoms. The second-order valence-electron chi connectivity index (χ2n) is 6.48. The Kier molecular flexibility index (Phi) is 4.62. The Morgan fingerprint density at radius 2 is 2.21 bits per heavy atom. The van der Waals surface area contributed by atoms with Gasteiger partial charge in [0, 0.05) is 6.54 Å². The first-order valence-corrected chi connectivity index (χ1v) is 10.2. The molecule has 1 aliphatic heterocycles. The third-order valence-electron chi connectivity index (χ3n) is 4.40. The summed E-state index contributed by atoms with van der Waals surface area (Å²) in [5.41, 5.74) is 2.96. The fourth-order valence-electron chi connectivity index (χ4n) is 3.30. The maximum absolute atomic E-state index is 12.5. The lowest BCUT2D eigenvalue weighted by atomic mass is 10.2. The number of nitrogens with one attached hydrogen (secondary N) is 1. The summed E-state index contributed by atoms with van der Waals surface area (Å²) in [5, 5.41) is 0. The minimum Gasteiger partial charge on any atom is -0.340 e. The number of likely N-dealkylation sites (tertiary alicyclic amines) is 1. The fourth-order valence-corrected chi connectivity index (χ4v) is 4.61. The van der Waals surface area contributed by atoms with Gasteiger partial charge in [-0.2, -0.15) is 0 Å². The highest BCUT2D eigenvalue weighted by Gasteiger charge is 2.33. The van der Waals surface area contributed by atoms with Gasteiger partial charge < -0.3 is 9.88 Å². The average molecular weight is 349 g/mol. The number of amides is 1. The van der Waals surface area contributed by atoms with E-state index >= 15 is 0 Å². The predicted octanol–water partition coefficient (Wildman–Crippen LogP) is 2.36. The summed E-state index contributed by atoms with van der Waals surface area (Å²) in [6.07, 6.45) is 2.20. The summed E-state index contributed by atoms with van der Waals surface area (Å²) in [6.45, 7) is 4.40. The molecule has 6 nitrogen and oxygen atoms in total. The number of aryl methyl sites for hydroxylation is 1. The van der Waals surface area contributed by atoms with Crippen LogP contribution in [0.5, 0.6) is 0 Å². The fraction of sp³-hybridized carbons (Fsp3) is 0.529. The van der Waals surface area contributed by atoms with E-state index in [4.69, 9.17) is 0 Å². The quantitative estimate of drug-likeness (QED) is 0.898. The summed E-state index contributed by atoms with van der Waals surface area (Å²) in [4.78, 5) is 22.1. The van der Waals surface area contributed by atoms with Gasteiger partial charge in [0.1, 0.15) is 11.6 Å². The van der Waals surface area contributed by atoms with Gasteiger partial charge in [-0.3, -0.25) is 4.79 Å². The number of hydrogen-bond donors (Lipinski definition) is 1. The number of imidazole rings is 1. The molecule has 3 rings (SSSR count). The van der Waals surface area contributed by atoms with Crippen LogP contribution in [-0.2, 0) is 14.6 Å². The number of fused-ring (bicyclic) bond motifs is 1. The molecule has 0 spiro atoms. The molecule has 1 aliphatic rings. The standard InChI is InChI=1S/C17H23N3O3S/c1-3-9-24(22,23)11-16(21)20-8-4-5-15(20)17-18-13-7-6-12(2)10-14(13)19-17/h6-7,10,15H,3-5,8-9,11H2,1-2H3,(H,18,19)/t15-/m1/s1. The van der Waals surface area contributed by atoms with Gasteiger partial charge in [0.05, 0.1) is 22.8 Å². The van der Waals surface area contributed by atoms with Crippen LogP contribution in [0.4, 0.5) is 0 Å². The van der Waals surface area contributed by atoms with Gasteiger partial charge in [0.25, 0.3) is 0 Å². The van der Waals surface area contributed by atoms with E-state index in [1.165, 1.54) is 0 Å². The van der Waals surface area contributed by atoms with Crippen molar-refractivity contribution in [3.05, 3.63) is 29.6 Å². The summed E-state index contributed by atoms with van der Waals surface area (Å²) in [7, 11) is -3.33. The van der Waals surface area contributed by atoms with Gasteiger partial charge in [0.2, 0.25) is 5.91 Å². The van der Waals surface area contributed by atoms with Crippen LogP contribution in [0.15, 0.2) is 18.2 Å². The molecule has 1 fully saturated rings. The van der Waals surface area contributed by atoms with E-state index in [0.717, 1.165) is 35.3 Å². The minimum absolute atomic E-state index is 0.0567. The van der Waals surface area contributed by atoms with Gasteiger partial charge in [-0.05, 0) is 43.9 Å². The molecule has 0 unspecified atom stereocenters. The maximum atomic E-state index is 12.5. The number of sulfone groups is 1. The summed E-state index contributed by atoms with van der Waals surface area (Å²) in [6, 6.07) is 5.82. The van der Waals surface area contributed by atoms with Crippen molar-refractivity contribution in [1.82, 2.24) is 14.9 Å². The summed E-state index contributed by atoms with van der Waals surface area (Å²) in [5.74, 6) is 0.0783. The monoisotopic (exact) mass is 349 g/mol. The van der Waals surface area contributed by atoms with Crippen LogP contribution in [0.2, 0.25) is 0 Å². The lowest BCUT2D eigenvalue weighted by molar-refractivity contribution is -0.129. The van der Waals surface area contributed by atoms with Crippen LogP contribution < -0.4 is 0 Å². The van der Waals surface area contributed by atoms with Gasteiger partial charge in [-0.25, -0.2) is 13.4 Å². The first-order valence-electron chi connectivity index (χ1n) is 8.36. The largest absolute Gasteiger partial charge is 0.340 e. The number of carbonyl (C=O) groups excluding carboxylic acids is 1. The van der Waals surface area contributed by atoms with E-state index in [-0.39, 0.29) is 17.7 Å². The third kappa shape index (κ3) is 3.45. The van der Waals surface area contributed by atoms with Crippen molar-refractivity contribution in [1.29, 1.82) is 0 Å². The minimum atomic E-state index is -3.33. The molecule has 1 N–H and O–H groups in total.